The van der Waals surface area contributed by atoms with E-state index in [1.165, 1.54) is 25.7 Å². The molecule has 0 radical (unpaired) electrons. The van der Waals surface area contributed by atoms with Gasteiger partial charge in [-0.05, 0) is 38.5 Å². The molecule has 0 bridgehead atoms. The molecule has 2 aliphatic rings. The molecule has 1 unspecified atom stereocenters. The topological polar surface area (TPSA) is 57.2 Å². The fourth-order valence-electron chi connectivity index (χ4n) is 3.16. The average molecular weight is 290 g/mol. The predicted octanol–water partition coefficient (Wildman–Crippen LogP) is 2.14. The van der Waals surface area contributed by atoms with E-state index in [4.69, 9.17) is 4.98 Å². The maximum absolute atomic E-state index is 4.75. The monoisotopic (exact) mass is 290 g/mol. The summed E-state index contributed by atoms with van der Waals surface area (Å²) in [5.41, 5.74) is 0. The van der Waals surface area contributed by atoms with Crippen molar-refractivity contribution in [1.29, 1.82) is 0 Å². The second kappa shape index (κ2) is 6.45. The van der Waals surface area contributed by atoms with E-state index >= 15 is 0 Å². The molecule has 116 valence electrons. The van der Waals surface area contributed by atoms with Crippen LogP contribution in [-0.2, 0) is 0 Å². The largest absolute Gasteiger partial charge is 0.354 e. The number of aromatic nitrogens is 3. The lowest BCUT2D eigenvalue weighted by molar-refractivity contribution is 0.442. The summed E-state index contributed by atoms with van der Waals surface area (Å²) >= 11 is 0. The molecular formula is C15H26N6. The molecule has 3 rings (SSSR count). The lowest BCUT2D eigenvalue weighted by Crippen LogP contribution is -2.36. The van der Waals surface area contributed by atoms with Gasteiger partial charge in [-0.25, -0.2) is 0 Å². The van der Waals surface area contributed by atoms with Crippen LogP contribution in [0, 0.1) is 5.92 Å². The highest BCUT2D eigenvalue weighted by Crippen LogP contribution is 2.24. The first-order valence-electron chi connectivity index (χ1n) is 8.26. The number of piperidine rings is 1. The summed E-state index contributed by atoms with van der Waals surface area (Å²) in [5.74, 6) is 3.11. The van der Waals surface area contributed by atoms with Gasteiger partial charge >= 0.3 is 0 Å². The lowest BCUT2D eigenvalue weighted by atomic mass is 10.0. The van der Waals surface area contributed by atoms with Crippen LogP contribution in [0.15, 0.2) is 0 Å². The third-order valence-corrected chi connectivity index (χ3v) is 4.28. The Balaban J connectivity index is 1.86. The van der Waals surface area contributed by atoms with Crippen molar-refractivity contribution in [2.24, 2.45) is 5.92 Å². The molecule has 6 nitrogen and oxygen atoms in total. The smallest absolute Gasteiger partial charge is 0.231 e. The molecule has 6 heteroatoms. The molecule has 1 aromatic heterocycles. The van der Waals surface area contributed by atoms with Crippen LogP contribution in [0.5, 0.6) is 0 Å². The minimum absolute atomic E-state index is 0.711. The second-order valence-corrected chi connectivity index (χ2v) is 6.18. The van der Waals surface area contributed by atoms with Crippen LogP contribution < -0.4 is 15.1 Å². The van der Waals surface area contributed by atoms with Crippen LogP contribution in [0.4, 0.5) is 17.8 Å². The van der Waals surface area contributed by atoms with Crippen LogP contribution in [-0.4, -0.2) is 47.7 Å². The zero-order valence-corrected chi connectivity index (χ0v) is 13.2. The lowest BCUT2D eigenvalue weighted by Gasteiger charge is -2.31. The van der Waals surface area contributed by atoms with E-state index in [0.717, 1.165) is 44.6 Å². The van der Waals surface area contributed by atoms with Crippen LogP contribution in [0.3, 0.4) is 0 Å². The highest BCUT2D eigenvalue weighted by atomic mass is 15.4. The summed E-state index contributed by atoms with van der Waals surface area (Å²) in [4.78, 5) is 18.5. The Morgan fingerprint density at radius 3 is 2.33 bits per heavy atom. The summed E-state index contributed by atoms with van der Waals surface area (Å²) in [6.45, 7) is 9.44. The van der Waals surface area contributed by atoms with Crippen molar-refractivity contribution >= 4 is 17.8 Å². The van der Waals surface area contributed by atoms with Gasteiger partial charge in [-0.15, -0.1) is 0 Å². The molecular weight excluding hydrogens is 264 g/mol. The molecule has 21 heavy (non-hydrogen) atoms. The molecule has 0 aliphatic carbocycles. The van der Waals surface area contributed by atoms with Crippen molar-refractivity contribution in [1.82, 2.24) is 15.0 Å². The summed E-state index contributed by atoms with van der Waals surface area (Å²) < 4.78 is 0. The van der Waals surface area contributed by atoms with Gasteiger partial charge in [0.25, 0.3) is 0 Å². The Bertz CT molecular complexity index is 471. The minimum Gasteiger partial charge on any atom is -0.354 e. The molecule has 2 fully saturated rings. The SMILES string of the molecule is CCNc1nc(N2CCCC2)nc(N2CCCC(C)C2)n1. The third-order valence-electron chi connectivity index (χ3n) is 4.28. The fourth-order valence-corrected chi connectivity index (χ4v) is 3.16. The van der Waals surface area contributed by atoms with E-state index in [9.17, 15) is 0 Å². The van der Waals surface area contributed by atoms with E-state index < -0.39 is 0 Å². The highest BCUT2D eigenvalue weighted by molar-refractivity contribution is 5.46. The normalized spacial score (nSPS) is 22.7. The second-order valence-electron chi connectivity index (χ2n) is 6.18. The Hall–Kier alpha value is -1.59. The fraction of sp³-hybridized carbons (Fsp3) is 0.800. The Labute approximate surface area is 127 Å². The first kappa shape index (κ1) is 14.4. The maximum Gasteiger partial charge on any atom is 0.231 e. The van der Waals surface area contributed by atoms with Crippen molar-refractivity contribution in [3.05, 3.63) is 0 Å². The number of rotatable bonds is 4. The van der Waals surface area contributed by atoms with E-state index in [2.05, 4.69) is 38.9 Å². The van der Waals surface area contributed by atoms with E-state index in [1.54, 1.807) is 0 Å². The van der Waals surface area contributed by atoms with Crippen LogP contribution in [0.2, 0.25) is 0 Å². The highest BCUT2D eigenvalue weighted by Gasteiger charge is 2.22. The van der Waals surface area contributed by atoms with Gasteiger partial charge in [0.2, 0.25) is 17.8 Å². The van der Waals surface area contributed by atoms with Crippen molar-refractivity contribution in [3.63, 3.8) is 0 Å². The van der Waals surface area contributed by atoms with E-state index in [-0.39, 0.29) is 0 Å². The van der Waals surface area contributed by atoms with Gasteiger partial charge in [-0.1, -0.05) is 6.92 Å². The van der Waals surface area contributed by atoms with Crippen LogP contribution >= 0.6 is 0 Å². The standard InChI is InChI=1S/C15H26N6/c1-3-16-13-17-14(20-8-4-5-9-20)19-15(18-13)21-10-6-7-12(2)11-21/h12H,3-11H2,1-2H3,(H,16,17,18,19). The van der Waals surface area contributed by atoms with Gasteiger partial charge in [0.15, 0.2) is 0 Å². The van der Waals surface area contributed by atoms with Crippen molar-refractivity contribution < 1.29 is 0 Å². The first-order valence-corrected chi connectivity index (χ1v) is 8.26. The molecule has 0 aromatic carbocycles. The van der Waals surface area contributed by atoms with Gasteiger partial charge in [0, 0.05) is 32.7 Å². The molecule has 1 N–H and O–H groups in total. The van der Waals surface area contributed by atoms with Crippen molar-refractivity contribution in [2.45, 2.75) is 39.5 Å². The van der Waals surface area contributed by atoms with Crippen molar-refractivity contribution in [2.75, 3.05) is 47.8 Å². The summed E-state index contributed by atoms with van der Waals surface area (Å²) in [6.07, 6.45) is 5.00. The summed E-state index contributed by atoms with van der Waals surface area (Å²) in [6, 6.07) is 0. The van der Waals surface area contributed by atoms with Gasteiger partial charge in [-0.3, -0.25) is 0 Å². The molecule has 0 saturated carbocycles. The molecule has 2 saturated heterocycles. The minimum atomic E-state index is 0.711. The number of nitrogens with one attached hydrogen (secondary N) is 1. The molecule has 1 atom stereocenters. The molecule has 2 aliphatic heterocycles. The Morgan fingerprint density at radius 1 is 1.00 bits per heavy atom. The Kier molecular flexibility index (Phi) is 4.41. The summed E-state index contributed by atoms with van der Waals surface area (Å²) in [7, 11) is 0. The van der Waals surface area contributed by atoms with E-state index in [0.29, 0.717) is 11.9 Å². The molecule has 1 aromatic rings. The zero-order chi connectivity index (χ0) is 14.7. The zero-order valence-electron chi connectivity index (χ0n) is 13.2. The molecule has 0 spiro atoms. The number of hydrogen-bond donors (Lipinski definition) is 1. The van der Waals surface area contributed by atoms with E-state index in [1.807, 2.05) is 0 Å². The molecule has 3 heterocycles. The van der Waals surface area contributed by atoms with Crippen LogP contribution in [0.25, 0.3) is 0 Å². The van der Waals surface area contributed by atoms with Gasteiger partial charge in [0.1, 0.15) is 0 Å². The third kappa shape index (κ3) is 3.36. The van der Waals surface area contributed by atoms with Crippen molar-refractivity contribution in [3.8, 4) is 0 Å². The first-order chi connectivity index (χ1) is 10.3. The van der Waals surface area contributed by atoms with Gasteiger partial charge in [-0.2, -0.15) is 15.0 Å². The average Bonchev–Trinajstić information content (AvgIpc) is 3.01. The van der Waals surface area contributed by atoms with Gasteiger partial charge in [0.05, 0.1) is 0 Å². The quantitative estimate of drug-likeness (QED) is 0.917. The number of anilines is 3. The summed E-state index contributed by atoms with van der Waals surface area (Å²) in [5, 5.41) is 3.25. The number of hydrogen-bond acceptors (Lipinski definition) is 6. The van der Waals surface area contributed by atoms with Crippen LogP contribution in [0.1, 0.15) is 39.5 Å². The Morgan fingerprint density at radius 2 is 1.67 bits per heavy atom. The maximum atomic E-state index is 4.75. The van der Waals surface area contributed by atoms with Gasteiger partial charge < -0.3 is 15.1 Å². The molecule has 0 amide bonds. The predicted molar refractivity (Wildman–Crippen MR) is 86.0 cm³/mol. The number of nitrogens with zero attached hydrogens (tertiary/aromatic N) is 5.